The fourth-order valence-electron chi connectivity index (χ4n) is 2.14. The Balaban J connectivity index is 2.90. The Morgan fingerprint density at radius 1 is 1.04 bits per heavy atom. The molecule has 25 heavy (non-hydrogen) atoms. The van der Waals surface area contributed by atoms with Crippen LogP contribution in [-0.2, 0) is 11.2 Å². The molecule has 142 valence electrons. The maximum absolute atomic E-state index is 11.8. The van der Waals surface area contributed by atoms with Crippen LogP contribution in [0.2, 0.25) is 0 Å². The number of methoxy groups -OCH3 is 2. The number of amides is 1. The van der Waals surface area contributed by atoms with Crippen molar-refractivity contribution in [1.82, 2.24) is 5.32 Å². The summed E-state index contributed by atoms with van der Waals surface area (Å²) in [5.74, 6) is 1.39. The summed E-state index contributed by atoms with van der Waals surface area (Å²) in [6.45, 7) is 12.5. The van der Waals surface area contributed by atoms with Gasteiger partial charge in [-0.15, -0.1) is 11.8 Å². The molecular weight excluding hydrogens is 338 g/mol. The first-order valence-electron chi connectivity index (χ1n) is 8.36. The van der Waals surface area contributed by atoms with Crippen LogP contribution < -0.4 is 14.8 Å². The second kappa shape index (κ2) is 8.70. The normalized spacial score (nSPS) is 11.8. The molecule has 6 heteroatoms. The summed E-state index contributed by atoms with van der Waals surface area (Å²) in [5.41, 5.74) is 0.606. The minimum absolute atomic E-state index is 0.0624. The molecule has 0 heterocycles. The molecule has 1 aromatic rings. The van der Waals surface area contributed by atoms with Gasteiger partial charge in [-0.3, -0.25) is 0 Å². The lowest BCUT2D eigenvalue weighted by molar-refractivity contribution is 0.0528. The van der Waals surface area contributed by atoms with Gasteiger partial charge in [0.15, 0.2) is 11.5 Å². The third-order valence-electron chi connectivity index (χ3n) is 3.05. The summed E-state index contributed by atoms with van der Waals surface area (Å²) < 4.78 is 16.2. The molecule has 0 aliphatic rings. The number of carbonyl (C=O) groups excluding carboxylic acids is 1. The highest BCUT2D eigenvalue weighted by molar-refractivity contribution is 8.00. The minimum Gasteiger partial charge on any atom is -0.493 e. The molecule has 0 aliphatic carbocycles. The van der Waals surface area contributed by atoms with Gasteiger partial charge in [-0.05, 0) is 44.9 Å². The van der Waals surface area contributed by atoms with Gasteiger partial charge in [-0.25, -0.2) is 4.79 Å². The number of hydrogen-bond donors (Lipinski definition) is 1. The standard InChI is InChI=1S/C19H31NO4S/c1-18(2,3)24-17(21)20-10-9-13-11-14(22-7)15(23-8)12-16(13)25-19(4,5)6/h11-12H,9-10H2,1-8H3,(H,20,21). The van der Waals surface area contributed by atoms with Crippen LogP contribution in [0.15, 0.2) is 17.0 Å². The van der Waals surface area contributed by atoms with Crippen molar-refractivity contribution >= 4 is 17.9 Å². The molecule has 5 nitrogen and oxygen atoms in total. The molecule has 0 bridgehead atoms. The van der Waals surface area contributed by atoms with Gasteiger partial charge in [-0.2, -0.15) is 0 Å². The van der Waals surface area contributed by atoms with E-state index in [9.17, 15) is 4.79 Å². The predicted molar refractivity (Wildman–Crippen MR) is 103 cm³/mol. The van der Waals surface area contributed by atoms with E-state index in [1.807, 2.05) is 32.9 Å². The Morgan fingerprint density at radius 3 is 2.08 bits per heavy atom. The summed E-state index contributed by atoms with van der Waals surface area (Å²) in [5, 5.41) is 2.80. The van der Waals surface area contributed by atoms with E-state index in [2.05, 4.69) is 26.1 Å². The van der Waals surface area contributed by atoms with Crippen molar-refractivity contribution in [2.45, 2.75) is 63.2 Å². The summed E-state index contributed by atoms with van der Waals surface area (Å²) >= 11 is 1.77. The molecule has 1 rings (SSSR count). The molecule has 0 saturated carbocycles. The molecule has 0 unspecified atom stereocenters. The molecule has 0 spiro atoms. The average molecular weight is 370 g/mol. The molecule has 0 fully saturated rings. The number of rotatable bonds is 6. The Kier molecular flexibility index (Phi) is 7.47. The average Bonchev–Trinajstić information content (AvgIpc) is 2.44. The largest absolute Gasteiger partial charge is 0.493 e. The van der Waals surface area contributed by atoms with Crippen molar-refractivity contribution < 1.29 is 19.0 Å². The van der Waals surface area contributed by atoms with E-state index < -0.39 is 11.7 Å². The first kappa shape index (κ1) is 21.5. The lowest BCUT2D eigenvalue weighted by Gasteiger charge is -2.22. The first-order valence-corrected chi connectivity index (χ1v) is 9.17. The SMILES string of the molecule is COc1cc(CCNC(=O)OC(C)(C)C)c(SC(C)(C)C)cc1OC. The van der Waals surface area contributed by atoms with E-state index in [-0.39, 0.29) is 4.75 Å². The molecular formula is C19H31NO4S. The van der Waals surface area contributed by atoms with Crippen LogP contribution in [-0.4, -0.2) is 37.2 Å². The lowest BCUT2D eigenvalue weighted by Crippen LogP contribution is -2.33. The second-order valence-corrected chi connectivity index (χ2v) is 9.58. The van der Waals surface area contributed by atoms with Crippen molar-refractivity contribution in [2.24, 2.45) is 0 Å². The number of ether oxygens (including phenoxy) is 3. The van der Waals surface area contributed by atoms with Gasteiger partial charge in [0.05, 0.1) is 14.2 Å². The van der Waals surface area contributed by atoms with Gasteiger partial charge in [0.2, 0.25) is 0 Å². The minimum atomic E-state index is -0.499. The molecule has 1 amide bonds. The van der Waals surface area contributed by atoms with E-state index in [0.717, 1.165) is 10.5 Å². The molecule has 0 saturated heterocycles. The van der Waals surface area contributed by atoms with E-state index in [1.165, 1.54) is 0 Å². The van der Waals surface area contributed by atoms with E-state index in [1.54, 1.807) is 26.0 Å². The van der Waals surface area contributed by atoms with E-state index in [0.29, 0.717) is 24.5 Å². The van der Waals surface area contributed by atoms with Gasteiger partial charge >= 0.3 is 6.09 Å². The maximum atomic E-state index is 11.8. The van der Waals surface area contributed by atoms with Crippen molar-refractivity contribution in [3.8, 4) is 11.5 Å². The monoisotopic (exact) mass is 369 g/mol. The molecule has 0 radical (unpaired) electrons. The Bertz CT molecular complexity index is 588. The number of nitrogens with one attached hydrogen (secondary N) is 1. The number of carbonyl (C=O) groups is 1. The summed E-state index contributed by atoms with van der Waals surface area (Å²) in [4.78, 5) is 12.9. The van der Waals surface area contributed by atoms with Crippen LogP contribution in [0.3, 0.4) is 0 Å². The highest BCUT2D eigenvalue weighted by atomic mass is 32.2. The summed E-state index contributed by atoms with van der Waals surface area (Å²) in [6.07, 6.45) is 0.274. The van der Waals surface area contributed by atoms with Crippen molar-refractivity contribution in [3.05, 3.63) is 17.7 Å². The van der Waals surface area contributed by atoms with Crippen LogP contribution in [0.4, 0.5) is 4.79 Å². The van der Waals surface area contributed by atoms with Crippen LogP contribution in [0.5, 0.6) is 11.5 Å². The van der Waals surface area contributed by atoms with Gasteiger partial charge in [-0.1, -0.05) is 20.8 Å². The number of thioether (sulfide) groups is 1. The molecule has 0 aromatic heterocycles. The van der Waals surface area contributed by atoms with Gasteiger partial charge in [0.1, 0.15) is 5.60 Å². The fraction of sp³-hybridized carbons (Fsp3) is 0.632. The van der Waals surface area contributed by atoms with Crippen molar-refractivity contribution in [3.63, 3.8) is 0 Å². The number of benzene rings is 1. The van der Waals surface area contributed by atoms with Crippen molar-refractivity contribution in [1.29, 1.82) is 0 Å². The quantitative estimate of drug-likeness (QED) is 0.739. The second-order valence-electron chi connectivity index (χ2n) is 7.71. The predicted octanol–water partition coefficient (Wildman–Crippen LogP) is 4.66. The van der Waals surface area contributed by atoms with Crippen LogP contribution in [0.1, 0.15) is 47.1 Å². The Hall–Kier alpha value is -1.56. The van der Waals surface area contributed by atoms with Crippen LogP contribution in [0.25, 0.3) is 0 Å². The summed E-state index contributed by atoms with van der Waals surface area (Å²) in [6, 6.07) is 3.97. The highest BCUT2D eigenvalue weighted by Crippen LogP contribution is 2.40. The maximum Gasteiger partial charge on any atom is 0.407 e. The topological polar surface area (TPSA) is 56.8 Å². The number of alkyl carbamates (subject to hydrolysis) is 1. The van der Waals surface area contributed by atoms with Crippen LogP contribution in [0, 0.1) is 0 Å². The third-order valence-corrected chi connectivity index (χ3v) is 4.26. The smallest absolute Gasteiger partial charge is 0.407 e. The van der Waals surface area contributed by atoms with E-state index in [4.69, 9.17) is 14.2 Å². The Morgan fingerprint density at radius 2 is 1.60 bits per heavy atom. The van der Waals surface area contributed by atoms with Gasteiger partial charge < -0.3 is 19.5 Å². The third kappa shape index (κ3) is 7.90. The van der Waals surface area contributed by atoms with E-state index >= 15 is 0 Å². The van der Waals surface area contributed by atoms with Gasteiger partial charge in [0.25, 0.3) is 0 Å². The molecule has 1 aromatic carbocycles. The van der Waals surface area contributed by atoms with Crippen LogP contribution >= 0.6 is 11.8 Å². The zero-order valence-corrected chi connectivity index (χ0v) is 17.4. The first-order chi connectivity index (χ1) is 11.4. The summed E-state index contributed by atoms with van der Waals surface area (Å²) in [7, 11) is 3.25. The zero-order chi connectivity index (χ0) is 19.3. The number of hydrogen-bond acceptors (Lipinski definition) is 5. The highest BCUT2D eigenvalue weighted by Gasteiger charge is 2.19. The molecule has 1 N–H and O–H groups in total. The molecule has 0 aliphatic heterocycles. The lowest BCUT2D eigenvalue weighted by atomic mass is 10.1. The zero-order valence-electron chi connectivity index (χ0n) is 16.6. The van der Waals surface area contributed by atoms with Crippen molar-refractivity contribution in [2.75, 3.05) is 20.8 Å². The van der Waals surface area contributed by atoms with Gasteiger partial charge in [0, 0.05) is 16.2 Å². The fourth-order valence-corrected chi connectivity index (χ4v) is 3.25. The molecule has 0 atom stereocenters. The Labute approximate surface area is 155 Å².